The molecule has 0 bridgehead atoms. The van der Waals surface area contributed by atoms with Gasteiger partial charge in [0.2, 0.25) is 0 Å². The molecule has 0 radical (unpaired) electrons. The third-order valence-electron chi connectivity index (χ3n) is 3.32. The van der Waals surface area contributed by atoms with Crippen molar-refractivity contribution in [3.05, 3.63) is 29.8 Å². The van der Waals surface area contributed by atoms with Crippen LogP contribution >= 0.6 is 0 Å². The van der Waals surface area contributed by atoms with E-state index < -0.39 is 0 Å². The lowest BCUT2D eigenvalue weighted by Gasteiger charge is -2.23. The fraction of sp³-hybridized carbons (Fsp3) is 0.588. The van der Waals surface area contributed by atoms with Gasteiger partial charge in [-0.25, -0.2) is 0 Å². The Balaban J connectivity index is 2.64. The number of nitrogens with zero attached hydrogens (tertiary/aromatic N) is 1. The van der Waals surface area contributed by atoms with Gasteiger partial charge in [0.05, 0.1) is 0 Å². The highest BCUT2D eigenvalue weighted by Gasteiger charge is 2.19. The van der Waals surface area contributed by atoms with E-state index in [-0.39, 0.29) is 17.9 Å². The second-order valence-corrected chi connectivity index (χ2v) is 6.20. The average Bonchev–Trinajstić information content (AvgIpc) is 2.41. The van der Waals surface area contributed by atoms with Crippen molar-refractivity contribution in [2.24, 2.45) is 0 Å². The molecule has 0 aromatic heterocycles. The Morgan fingerprint density at radius 1 is 1.25 bits per heavy atom. The van der Waals surface area contributed by atoms with Crippen LogP contribution in [0.1, 0.15) is 46.1 Å². The van der Waals surface area contributed by atoms with Crippen molar-refractivity contribution in [3.63, 3.8) is 0 Å². The fourth-order valence-electron chi connectivity index (χ4n) is 1.98. The van der Waals surface area contributed by atoms with Crippen LogP contribution in [0.4, 0.5) is 0 Å². The van der Waals surface area contributed by atoms with Crippen LogP contribution in [0.2, 0.25) is 0 Å². The predicted octanol–water partition coefficient (Wildman–Crippen LogP) is 3.62. The summed E-state index contributed by atoms with van der Waals surface area (Å²) in [5.41, 5.74) is 1.14. The van der Waals surface area contributed by atoms with Crippen molar-refractivity contribution in [3.8, 4) is 5.75 Å². The van der Waals surface area contributed by atoms with Crippen molar-refractivity contribution >= 4 is 5.91 Å². The molecule has 0 aliphatic rings. The van der Waals surface area contributed by atoms with Gasteiger partial charge in [-0.3, -0.25) is 4.79 Å². The molecule has 0 saturated carbocycles. The van der Waals surface area contributed by atoms with Crippen LogP contribution in [0.25, 0.3) is 0 Å². The maximum Gasteiger partial charge on any atom is 0.260 e. The second kappa shape index (κ2) is 7.32. The highest BCUT2D eigenvalue weighted by Crippen LogP contribution is 2.30. The highest BCUT2D eigenvalue weighted by molar-refractivity contribution is 5.77. The van der Waals surface area contributed by atoms with E-state index in [4.69, 9.17) is 4.74 Å². The topological polar surface area (TPSA) is 29.5 Å². The molecule has 0 spiro atoms. The SMILES string of the molecule is CCCCN(C)C(=O)COc1ccccc1C(C)(C)C. The lowest BCUT2D eigenvalue weighted by molar-refractivity contribution is -0.132. The van der Waals surface area contributed by atoms with Gasteiger partial charge in [-0.1, -0.05) is 52.3 Å². The Kier molecular flexibility index (Phi) is 6.05. The van der Waals surface area contributed by atoms with E-state index in [1.54, 1.807) is 4.90 Å². The first-order chi connectivity index (χ1) is 9.36. The average molecular weight is 277 g/mol. The van der Waals surface area contributed by atoms with Crippen LogP contribution in [0.3, 0.4) is 0 Å². The molecule has 0 saturated heterocycles. The summed E-state index contributed by atoms with van der Waals surface area (Å²) in [5, 5.41) is 0. The largest absolute Gasteiger partial charge is 0.483 e. The van der Waals surface area contributed by atoms with Crippen molar-refractivity contribution < 1.29 is 9.53 Å². The predicted molar refractivity (Wildman–Crippen MR) is 83.2 cm³/mol. The number of hydrogen-bond donors (Lipinski definition) is 0. The number of benzene rings is 1. The Hall–Kier alpha value is -1.51. The lowest BCUT2D eigenvalue weighted by atomic mass is 9.86. The summed E-state index contributed by atoms with van der Waals surface area (Å²) in [6.07, 6.45) is 2.12. The van der Waals surface area contributed by atoms with E-state index in [0.717, 1.165) is 30.7 Å². The quantitative estimate of drug-likeness (QED) is 0.795. The summed E-state index contributed by atoms with van der Waals surface area (Å²) in [6.45, 7) is 9.44. The third kappa shape index (κ3) is 4.87. The Bertz CT molecular complexity index is 435. The van der Waals surface area contributed by atoms with E-state index in [0.29, 0.717) is 0 Å². The van der Waals surface area contributed by atoms with Crippen LogP contribution in [0.5, 0.6) is 5.75 Å². The molecule has 0 aliphatic heterocycles. The standard InChI is InChI=1S/C17H27NO2/c1-6-7-12-18(5)16(19)13-20-15-11-9-8-10-14(15)17(2,3)4/h8-11H,6-7,12-13H2,1-5H3. The number of hydrogen-bond acceptors (Lipinski definition) is 2. The van der Waals surface area contributed by atoms with Gasteiger partial charge < -0.3 is 9.64 Å². The van der Waals surface area contributed by atoms with E-state index >= 15 is 0 Å². The molecular formula is C17H27NO2. The van der Waals surface area contributed by atoms with Gasteiger partial charge in [0.15, 0.2) is 6.61 Å². The first kappa shape index (κ1) is 16.5. The zero-order valence-electron chi connectivity index (χ0n) is 13.4. The van der Waals surface area contributed by atoms with Gasteiger partial charge in [-0.2, -0.15) is 0 Å². The molecule has 20 heavy (non-hydrogen) atoms. The number of para-hydroxylation sites is 1. The van der Waals surface area contributed by atoms with Crippen molar-refractivity contribution in [2.75, 3.05) is 20.2 Å². The molecule has 1 rings (SSSR count). The number of carbonyl (C=O) groups excluding carboxylic acids is 1. The normalized spacial score (nSPS) is 11.2. The van der Waals surface area contributed by atoms with E-state index in [1.165, 1.54) is 0 Å². The maximum absolute atomic E-state index is 12.0. The zero-order valence-corrected chi connectivity index (χ0v) is 13.4. The molecule has 0 atom stereocenters. The van der Waals surface area contributed by atoms with Crippen LogP contribution in [0, 0.1) is 0 Å². The molecule has 0 unspecified atom stereocenters. The fourth-order valence-corrected chi connectivity index (χ4v) is 1.98. The minimum absolute atomic E-state index is 0.00769. The van der Waals surface area contributed by atoms with E-state index in [9.17, 15) is 4.79 Å². The minimum Gasteiger partial charge on any atom is -0.483 e. The van der Waals surface area contributed by atoms with Gasteiger partial charge in [-0.15, -0.1) is 0 Å². The number of amides is 1. The smallest absolute Gasteiger partial charge is 0.260 e. The number of carbonyl (C=O) groups is 1. The number of rotatable bonds is 6. The van der Waals surface area contributed by atoms with Crippen LogP contribution < -0.4 is 4.74 Å². The van der Waals surface area contributed by atoms with E-state index in [1.807, 2.05) is 25.2 Å². The number of likely N-dealkylation sites (N-methyl/N-ethyl adjacent to an activating group) is 1. The highest BCUT2D eigenvalue weighted by atomic mass is 16.5. The number of ether oxygens (including phenoxy) is 1. The maximum atomic E-state index is 12.0. The molecule has 0 N–H and O–H groups in total. The van der Waals surface area contributed by atoms with Crippen LogP contribution in [-0.4, -0.2) is 31.0 Å². The van der Waals surface area contributed by atoms with Gasteiger partial charge >= 0.3 is 0 Å². The first-order valence-corrected chi connectivity index (χ1v) is 7.32. The summed E-state index contributed by atoms with van der Waals surface area (Å²) < 4.78 is 5.74. The lowest BCUT2D eigenvalue weighted by Crippen LogP contribution is -2.32. The molecule has 0 heterocycles. The third-order valence-corrected chi connectivity index (χ3v) is 3.32. The molecule has 0 aliphatic carbocycles. The van der Waals surface area contributed by atoms with Gasteiger partial charge in [-0.05, 0) is 23.5 Å². The zero-order chi connectivity index (χ0) is 15.2. The molecule has 3 nitrogen and oxygen atoms in total. The van der Waals surface area contributed by atoms with Crippen molar-refractivity contribution in [1.29, 1.82) is 0 Å². The summed E-state index contributed by atoms with van der Waals surface area (Å²) >= 11 is 0. The second-order valence-electron chi connectivity index (χ2n) is 6.20. The summed E-state index contributed by atoms with van der Waals surface area (Å²) in [5.74, 6) is 0.833. The molecule has 112 valence electrons. The summed E-state index contributed by atoms with van der Waals surface area (Å²) in [6, 6.07) is 7.93. The molecule has 1 aromatic carbocycles. The monoisotopic (exact) mass is 277 g/mol. The Morgan fingerprint density at radius 2 is 1.90 bits per heavy atom. The Morgan fingerprint density at radius 3 is 2.50 bits per heavy atom. The van der Waals surface area contributed by atoms with Gasteiger partial charge in [0, 0.05) is 13.6 Å². The molecular weight excluding hydrogens is 250 g/mol. The summed E-state index contributed by atoms with van der Waals surface area (Å²) in [4.78, 5) is 13.7. The number of unbranched alkanes of at least 4 members (excludes halogenated alkanes) is 1. The van der Waals surface area contributed by atoms with Gasteiger partial charge in [0.1, 0.15) is 5.75 Å². The minimum atomic E-state index is 0.00769. The van der Waals surface area contributed by atoms with Crippen LogP contribution in [-0.2, 0) is 10.2 Å². The van der Waals surface area contributed by atoms with Crippen LogP contribution in [0.15, 0.2) is 24.3 Å². The molecule has 3 heteroatoms. The van der Waals surface area contributed by atoms with E-state index in [2.05, 4.69) is 33.8 Å². The van der Waals surface area contributed by atoms with Crippen molar-refractivity contribution in [2.45, 2.75) is 46.0 Å². The molecule has 1 aromatic rings. The van der Waals surface area contributed by atoms with Crippen molar-refractivity contribution in [1.82, 2.24) is 4.90 Å². The van der Waals surface area contributed by atoms with Gasteiger partial charge in [0.25, 0.3) is 5.91 Å². The summed E-state index contributed by atoms with van der Waals surface area (Å²) in [7, 11) is 1.83. The molecule has 1 amide bonds. The first-order valence-electron chi connectivity index (χ1n) is 7.32. The molecule has 0 fully saturated rings. The Labute approximate surface area is 122 Å².